The Morgan fingerprint density at radius 3 is 2.20 bits per heavy atom. The Morgan fingerprint density at radius 1 is 0.943 bits per heavy atom. The molecule has 1 unspecified atom stereocenters. The fourth-order valence-electron chi connectivity index (χ4n) is 3.98. The average Bonchev–Trinajstić information content (AvgIpc) is 2.84. The van der Waals surface area contributed by atoms with E-state index in [0.29, 0.717) is 5.56 Å². The standard InChI is InChI=1S/C23H26O12/c1-31-14-3-9(4-15(32-2)18(14)27)22-16(7-11-12(26)5-10(25)6-13(11)33-22)34-23-21(30)20(29)19(28)17(8-24)35-23/h3-7,13,17,19-21,23-30H,8H2,1-2H3/p+1/t13?,17-,19+,20+,21-,23-/m1/s1. The zero-order chi connectivity index (χ0) is 25.4. The van der Waals surface area contributed by atoms with Crippen LogP contribution in [0.5, 0.6) is 17.2 Å². The van der Waals surface area contributed by atoms with Crippen molar-refractivity contribution in [2.45, 2.75) is 36.8 Å². The van der Waals surface area contributed by atoms with Gasteiger partial charge in [0.2, 0.25) is 23.9 Å². The van der Waals surface area contributed by atoms with Gasteiger partial charge in [-0.15, -0.1) is 0 Å². The van der Waals surface area contributed by atoms with Crippen molar-refractivity contribution in [1.82, 2.24) is 0 Å². The van der Waals surface area contributed by atoms with E-state index in [0.717, 1.165) is 6.08 Å². The van der Waals surface area contributed by atoms with E-state index in [4.69, 9.17) is 18.9 Å². The highest BCUT2D eigenvalue weighted by Gasteiger charge is 2.46. The number of aliphatic hydroxyl groups is 8. The second kappa shape index (κ2) is 9.68. The topological polar surface area (TPSA) is 191 Å². The first-order valence-electron chi connectivity index (χ1n) is 10.6. The Labute approximate surface area is 199 Å². The third kappa shape index (κ3) is 4.49. The molecule has 4 rings (SSSR count). The fourth-order valence-corrected chi connectivity index (χ4v) is 3.98. The number of fused-ring (bicyclic) bond motifs is 1. The lowest BCUT2D eigenvalue weighted by Gasteiger charge is -2.40. The molecule has 12 nitrogen and oxygen atoms in total. The molecule has 2 aliphatic heterocycles. The first-order valence-corrected chi connectivity index (χ1v) is 10.6. The van der Waals surface area contributed by atoms with Crippen molar-refractivity contribution >= 4 is 5.76 Å². The molecule has 2 heterocycles. The summed E-state index contributed by atoms with van der Waals surface area (Å²) in [6, 6.07) is 2.91. The third-order valence-corrected chi connectivity index (χ3v) is 5.86. The Bertz CT molecular complexity index is 1080. The number of methoxy groups -OCH3 is 2. The molecular weight excluding hydrogens is 468 g/mol. The molecule has 190 valence electrons. The van der Waals surface area contributed by atoms with Crippen molar-refractivity contribution in [2.24, 2.45) is 0 Å². The van der Waals surface area contributed by atoms with Crippen LogP contribution in [0.15, 0.2) is 53.2 Å². The predicted molar refractivity (Wildman–Crippen MR) is 118 cm³/mol. The van der Waals surface area contributed by atoms with Gasteiger partial charge in [0.05, 0.1) is 38.0 Å². The minimum absolute atomic E-state index is 0.0230. The maximum absolute atomic E-state index is 10.4. The van der Waals surface area contributed by atoms with Crippen LogP contribution in [0.3, 0.4) is 0 Å². The molecule has 12 heteroatoms. The number of hydrogen-bond donors (Lipinski definition) is 7. The number of ether oxygens (including phenoxy) is 5. The molecule has 3 aliphatic rings. The minimum Gasteiger partial charge on any atom is -0.571 e. The minimum atomic E-state index is -1.69. The molecule has 1 aromatic rings. The average molecular weight is 495 g/mol. The SMILES string of the molecule is COc1cc(C2=C(O[C@@H]3O[C@H](CO)[C@H](O)[C@H](O)[C@H]3O)C=C3C(O)=CC(O)=CC3[OH+]2)cc(OC)c1O. The summed E-state index contributed by atoms with van der Waals surface area (Å²) < 4.78 is 26.3. The van der Waals surface area contributed by atoms with Gasteiger partial charge in [-0.25, -0.2) is 0 Å². The molecule has 0 amide bonds. The van der Waals surface area contributed by atoms with Crippen LogP contribution in [0.4, 0.5) is 0 Å². The predicted octanol–water partition coefficient (Wildman–Crippen LogP) is -0.371. The first kappa shape index (κ1) is 24.7. The Morgan fingerprint density at radius 2 is 1.60 bits per heavy atom. The van der Waals surface area contributed by atoms with Crippen LogP contribution < -0.4 is 9.47 Å². The molecule has 35 heavy (non-hydrogen) atoms. The van der Waals surface area contributed by atoms with Gasteiger partial charge in [-0.2, -0.15) is 0 Å². The van der Waals surface area contributed by atoms with E-state index in [-0.39, 0.29) is 45.9 Å². The van der Waals surface area contributed by atoms with E-state index in [1.165, 1.54) is 38.5 Å². The maximum Gasteiger partial charge on any atom is 0.305 e. The van der Waals surface area contributed by atoms with Crippen molar-refractivity contribution in [1.29, 1.82) is 0 Å². The summed E-state index contributed by atoms with van der Waals surface area (Å²) in [6.45, 7) is -0.649. The van der Waals surface area contributed by atoms with Gasteiger partial charge in [-0.3, -0.25) is 0 Å². The Hall–Kier alpha value is -3.42. The van der Waals surface area contributed by atoms with Crippen LogP contribution >= 0.6 is 0 Å². The number of hydrogen-bond acceptors (Lipinski definition) is 11. The molecule has 6 atom stereocenters. The lowest BCUT2D eigenvalue weighted by molar-refractivity contribution is -0.290. The third-order valence-electron chi connectivity index (χ3n) is 5.86. The molecular formula is C23H27O12+. The summed E-state index contributed by atoms with van der Waals surface area (Å²) in [6.07, 6.45) is -4.55. The van der Waals surface area contributed by atoms with Crippen LogP contribution in [0.2, 0.25) is 0 Å². The molecule has 0 spiro atoms. The summed E-state index contributed by atoms with van der Waals surface area (Å²) in [4.78, 5) is 0. The molecule has 0 aromatic heterocycles. The number of aromatic hydroxyl groups is 1. The van der Waals surface area contributed by atoms with E-state index in [1.54, 1.807) is 0 Å². The summed E-state index contributed by atoms with van der Waals surface area (Å²) in [5.41, 5.74) is 0.608. The first-order chi connectivity index (χ1) is 16.7. The second-order valence-electron chi connectivity index (χ2n) is 8.05. The monoisotopic (exact) mass is 495 g/mol. The Kier molecular flexibility index (Phi) is 6.83. The highest BCUT2D eigenvalue weighted by atomic mass is 16.7. The van der Waals surface area contributed by atoms with Crippen molar-refractivity contribution < 1.29 is 59.4 Å². The number of phenolic OH excluding ortho intramolecular Hbond substituents is 1. The van der Waals surface area contributed by atoms with Gasteiger partial charge in [0.25, 0.3) is 0 Å². The van der Waals surface area contributed by atoms with Crippen molar-refractivity contribution in [2.75, 3.05) is 20.8 Å². The lowest BCUT2D eigenvalue weighted by atomic mass is 9.96. The quantitative estimate of drug-likeness (QED) is 0.255. The largest absolute Gasteiger partial charge is 0.571 e. The van der Waals surface area contributed by atoms with Crippen molar-refractivity contribution in [3.8, 4) is 17.2 Å². The van der Waals surface area contributed by atoms with Gasteiger partial charge in [0.15, 0.2) is 11.5 Å². The molecule has 1 aliphatic carbocycles. The number of aliphatic hydroxyl groups excluding tert-OH is 6. The lowest BCUT2D eigenvalue weighted by Crippen LogP contribution is -2.59. The Balaban J connectivity index is 1.82. The van der Waals surface area contributed by atoms with Crippen LogP contribution in [0.1, 0.15) is 5.56 Å². The smallest absolute Gasteiger partial charge is 0.305 e. The zero-order valence-corrected chi connectivity index (χ0v) is 18.8. The van der Waals surface area contributed by atoms with Gasteiger partial charge in [-0.1, -0.05) is 0 Å². The highest BCUT2D eigenvalue weighted by molar-refractivity contribution is 5.71. The van der Waals surface area contributed by atoms with Crippen LogP contribution in [-0.2, 0) is 9.47 Å². The number of rotatable bonds is 6. The normalized spacial score (nSPS) is 30.4. The number of phenols is 1. The second-order valence-corrected chi connectivity index (χ2v) is 8.05. The van der Waals surface area contributed by atoms with E-state index in [1.807, 2.05) is 0 Å². The van der Waals surface area contributed by atoms with Crippen LogP contribution in [0, 0.1) is 0 Å². The molecule has 1 fully saturated rings. The molecule has 0 bridgehead atoms. The molecule has 8 N–H and O–H groups in total. The molecule has 0 saturated carbocycles. The molecule has 1 aromatic carbocycles. The van der Waals surface area contributed by atoms with Gasteiger partial charge in [0, 0.05) is 24.3 Å². The van der Waals surface area contributed by atoms with Gasteiger partial charge in [0.1, 0.15) is 35.9 Å². The number of allylic oxidation sites excluding steroid dienone is 2. The van der Waals surface area contributed by atoms with Crippen LogP contribution in [0.25, 0.3) is 5.76 Å². The van der Waals surface area contributed by atoms with Crippen molar-refractivity contribution in [3.63, 3.8) is 0 Å². The number of benzene rings is 1. The summed E-state index contributed by atoms with van der Waals surface area (Å²) in [7, 11) is 2.69. The maximum atomic E-state index is 10.4. The van der Waals surface area contributed by atoms with Gasteiger partial charge in [-0.05, 0) is 0 Å². The molecule has 1 saturated heterocycles. The van der Waals surface area contributed by atoms with E-state index in [2.05, 4.69) is 4.74 Å². The van der Waals surface area contributed by atoms with E-state index < -0.39 is 43.4 Å². The zero-order valence-electron chi connectivity index (χ0n) is 18.8. The van der Waals surface area contributed by atoms with Crippen LogP contribution in [-0.4, -0.2) is 98.1 Å². The highest BCUT2D eigenvalue weighted by Crippen LogP contribution is 2.42. The fraction of sp³-hybridized carbons (Fsp3) is 0.391. The van der Waals surface area contributed by atoms with Gasteiger partial charge < -0.3 is 59.4 Å². The van der Waals surface area contributed by atoms with E-state index in [9.17, 15) is 35.7 Å². The summed E-state index contributed by atoms with van der Waals surface area (Å²) >= 11 is 0. The summed E-state index contributed by atoms with van der Waals surface area (Å²) in [5, 5.41) is 70.7. The summed E-state index contributed by atoms with van der Waals surface area (Å²) in [5.74, 6) is -0.474. The van der Waals surface area contributed by atoms with E-state index >= 15 is 0 Å². The molecule has 0 radical (unpaired) electrons. The van der Waals surface area contributed by atoms with Crippen molar-refractivity contribution in [3.05, 3.63) is 58.8 Å². The van der Waals surface area contributed by atoms with Gasteiger partial charge >= 0.3 is 5.76 Å².